The summed E-state index contributed by atoms with van der Waals surface area (Å²) in [5, 5.41) is 3.35. The number of likely N-dealkylation sites (tertiary alicyclic amines) is 1. The van der Waals surface area contributed by atoms with Crippen molar-refractivity contribution in [3.05, 3.63) is 60.2 Å². The molecule has 1 aromatic heterocycles. The molecule has 6 nitrogen and oxygen atoms in total. The lowest BCUT2D eigenvalue weighted by molar-refractivity contribution is -0.124. The van der Waals surface area contributed by atoms with Crippen LogP contribution in [0.15, 0.2) is 59.0 Å². The van der Waals surface area contributed by atoms with Gasteiger partial charge in [0.1, 0.15) is 11.6 Å². The topological polar surface area (TPSA) is 61.6 Å². The second kappa shape index (κ2) is 9.10. The van der Waals surface area contributed by atoms with Crippen LogP contribution in [-0.4, -0.2) is 47.5 Å². The number of para-hydroxylation sites is 2. The average molecular weight is 419 g/mol. The molecule has 2 saturated heterocycles. The summed E-state index contributed by atoms with van der Waals surface area (Å²) in [6.45, 7) is 3.72. The highest BCUT2D eigenvalue weighted by atomic mass is 16.4. The van der Waals surface area contributed by atoms with E-state index in [9.17, 15) is 4.79 Å². The highest BCUT2D eigenvalue weighted by Crippen LogP contribution is 2.28. The number of hydrogen-bond acceptors (Lipinski definition) is 5. The molecular weight excluding hydrogens is 388 g/mol. The van der Waals surface area contributed by atoms with Gasteiger partial charge in [-0.15, -0.1) is 0 Å². The van der Waals surface area contributed by atoms with Crippen molar-refractivity contribution in [2.45, 2.75) is 50.7 Å². The number of nitrogens with zero attached hydrogens (tertiary/aromatic N) is 3. The number of benzene rings is 2. The van der Waals surface area contributed by atoms with E-state index in [0.717, 1.165) is 69.4 Å². The first-order valence-corrected chi connectivity index (χ1v) is 11.4. The second-order valence-corrected chi connectivity index (χ2v) is 8.74. The summed E-state index contributed by atoms with van der Waals surface area (Å²) in [6, 6.07) is 18.9. The van der Waals surface area contributed by atoms with Crippen molar-refractivity contribution in [3.8, 4) is 0 Å². The lowest BCUT2D eigenvalue weighted by Gasteiger charge is -2.37. The lowest BCUT2D eigenvalue weighted by Crippen LogP contribution is -2.55. The van der Waals surface area contributed by atoms with E-state index in [-0.39, 0.29) is 18.0 Å². The Bertz CT molecular complexity index is 986. The molecule has 2 atom stereocenters. The summed E-state index contributed by atoms with van der Waals surface area (Å²) in [5.74, 6) is 0.105. The third-order valence-corrected chi connectivity index (χ3v) is 6.43. The van der Waals surface area contributed by atoms with Crippen molar-refractivity contribution in [3.63, 3.8) is 0 Å². The number of amides is 1. The highest BCUT2D eigenvalue weighted by molar-refractivity contribution is 5.85. The minimum Gasteiger partial charge on any atom is -0.423 e. The number of fused-ring (bicyclic) bond motifs is 1. The summed E-state index contributed by atoms with van der Waals surface area (Å²) in [4.78, 5) is 22.4. The molecule has 0 spiro atoms. The number of anilines is 1. The van der Waals surface area contributed by atoms with Gasteiger partial charge in [0, 0.05) is 25.7 Å². The van der Waals surface area contributed by atoms with Gasteiger partial charge in [-0.05, 0) is 56.3 Å². The SMILES string of the molecule is O=C(NC1CCCN(Cc2ccccc2)C1)[C@@H]1CCCCN1c1nc2ccccc2o1. The van der Waals surface area contributed by atoms with Gasteiger partial charge in [-0.1, -0.05) is 42.5 Å². The summed E-state index contributed by atoms with van der Waals surface area (Å²) in [6.07, 6.45) is 5.09. The fraction of sp³-hybridized carbons (Fsp3) is 0.440. The molecule has 1 unspecified atom stereocenters. The first-order chi connectivity index (χ1) is 15.3. The average Bonchev–Trinajstić information content (AvgIpc) is 3.24. The zero-order chi connectivity index (χ0) is 21.0. The summed E-state index contributed by atoms with van der Waals surface area (Å²) in [7, 11) is 0. The van der Waals surface area contributed by atoms with E-state index in [2.05, 4.69) is 50.4 Å². The minimum atomic E-state index is -0.216. The van der Waals surface area contributed by atoms with Gasteiger partial charge < -0.3 is 14.6 Å². The van der Waals surface area contributed by atoms with E-state index >= 15 is 0 Å². The van der Waals surface area contributed by atoms with E-state index in [1.54, 1.807) is 0 Å². The number of piperidine rings is 2. The summed E-state index contributed by atoms with van der Waals surface area (Å²) < 4.78 is 5.99. The first kappa shape index (κ1) is 20.1. The van der Waals surface area contributed by atoms with Crippen molar-refractivity contribution >= 4 is 23.0 Å². The van der Waals surface area contributed by atoms with E-state index in [1.807, 2.05) is 24.3 Å². The maximum absolute atomic E-state index is 13.3. The molecule has 0 aliphatic carbocycles. The molecule has 2 aromatic carbocycles. The highest BCUT2D eigenvalue weighted by Gasteiger charge is 2.33. The second-order valence-electron chi connectivity index (χ2n) is 8.74. The molecule has 0 bridgehead atoms. The predicted octanol–water partition coefficient (Wildman–Crippen LogP) is 3.97. The van der Waals surface area contributed by atoms with Gasteiger partial charge in [-0.25, -0.2) is 0 Å². The molecule has 31 heavy (non-hydrogen) atoms. The number of aromatic nitrogens is 1. The van der Waals surface area contributed by atoms with Gasteiger partial charge in [0.25, 0.3) is 6.01 Å². The van der Waals surface area contributed by atoms with Crippen LogP contribution in [-0.2, 0) is 11.3 Å². The Labute approximate surface area is 183 Å². The number of nitrogens with one attached hydrogen (secondary N) is 1. The molecule has 3 heterocycles. The Hall–Kier alpha value is -2.86. The van der Waals surface area contributed by atoms with Crippen molar-refractivity contribution in [2.75, 3.05) is 24.5 Å². The fourth-order valence-electron chi connectivity index (χ4n) is 4.87. The number of oxazole rings is 1. The van der Waals surface area contributed by atoms with Gasteiger partial charge in [-0.2, -0.15) is 4.98 Å². The van der Waals surface area contributed by atoms with Gasteiger partial charge in [0.2, 0.25) is 5.91 Å². The first-order valence-electron chi connectivity index (χ1n) is 11.4. The quantitative estimate of drug-likeness (QED) is 0.679. The van der Waals surface area contributed by atoms with Gasteiger partial charge in [-0.3, -0.25) is 9.69 Å². The summed E-state index contributed by atoms with van der Waals surface area (Å²) >= 11 is 0. The summed E-state index contributed by atoms with van der Waals surface area (Å²) in [5.41, 5.74) is 2.93. The molecule has 2 aliphatic rings. The fourth-order valence-corrected chi connectivity index (χ4v) is 4.87. The molecule has 1 amide bonds. The molecule has 2 fully saturated rings. The molecule has 2 aliphatic heterocycles. The molecule has 3 aromatic rings. The Kier molecular flexibility index (Phi) is 5.89. The number of carbonyl (C=O) groups excluding carboxylic acids is 1. The number of rotatable bonds is 5. The molecule has 0 radical (unpaired) electrons. The normalized spacial score (nSPS) is 22.5. The van der Waals surface area contributed by atoms with Crippen LogP contribution in [0, 0.1) is 0 Å². The van der Waals surface area contributed by atoms with Crippen molar-refractivity contribution in [1.82, 2.24) is 15.2 Å². The van der Waals surface area contributed by atoms with Crippen LogP contribution >= 0.6 is 0 Å². The Morgan fingerprint density at radius 3 is 2.71 bits per heavy atom. The largest absolute Gasteiger partial charge is 0.423 e. The van der Waals surface area contributed by atoms with Crippen molar-refractivity contribution in [2.24, 2.45) is 0 Å². The van der Waals surface area contributed by atoms with Gasteiger partial charge in [0.15, 0.2) is 5.58 Å². The zero-order valence-corrected chi connectivity index (χ0v) is 17.9. The lowest BCUT2D eigenvalue weighted by atomic mass is 10.00. The zero-order valence-electron chi connectivity index (χ0n) is 17.9. The van der Waals surface area contributed by atoms with Crippen LogP contribution in [0.2, 0.25) is 0 Å². The number of hydrogen-bond donors (Lipinski definition) is 1. The third-order valence-electron chi connectivity index (χ3n) is 6.43. The molecule has 0 saturated carbocycles. The Morgan fingerprint density at radius 2 is 1.84 bits per heavy atom. The Balaban J connectivity index is 1.25. The van der Waals surface area contributed by atoms with Crippen LogP contribution in [0.4, 0.5) is 6.01 Å². The standard InChI is InChI=1S/C25H30N4O2/c30-24(26-20-11-8-15-28(18-20)17-19-9-2-1-3-10-19)22-13-6-7-16-29(22)25-27-21-12-4-5-14-23(21)31-25/h1-5,9-10,12,14,20,22H,6-8,11,13,15-18H2,(H,26,30)/t20?,22-/m0/s1. The van der Waals surface area contributed by atoms with E-state index < -0.39 is 0 Å². The number of carbonyl (C=O) groups is 1. The maximum atomic E-state index is 13.3. The predicted molar refractivity (Wildman–Crippen MR) is 122 cm³/mol. The van der Waals surface area contributed by atoms with Crippen molar-refractivity contribution < 1.29 is 9.21 Å². The molecule has 6 heteroatoms. The monoisotopic (exact) mass is 418 g/mol. The maximum Gasteiger partial charge on any atom is 0.299 e. The van der Waals surface area contributed by atoms with Crippen LogP contribution in [0.25, 0.3) is 11.1 Å². The van der Waals surface area contributed by atoms with Crippen LogP contribution in [0.5, 0.6) is 0 Å². The van der Waals surface area contributed by atoms with Crippen LogP contribution in [0.1, 0.15) is 37.7 Å². The molecule has 1 N–H and O–H groups in total. The smallest absolute Gasteiger partial charge is 0.299 e. The van der Waals surface area contributed by atoms with E-state index in [0.29, 0.717) is 6.01 Å². The van der Waals surface area contributed by atoms with E-state index in [1.165, 1.54) is 5.56 Å². The minimum absolute atomic E-state index is 0.105. The van der Waals surface area contributed by atoms with Crippen molar-refractivity contribution in [1.29, 1.82) is 0 Å². The van der Waals surface area contributed by atoms with E-state index in [4.69, 9.17) is 4.42 Å². The molecule has 162 valence electrons. The van der Waals surface area contributed by atoms with Gasteiger partial charge in [0.05, 0.1) is 0 Å². The van der Waals surface area contributed by atoms with Crippen LogP contribution in [0.3, 0.4) is 0 Å². The Morgan fingerprint density at radius 1 is 1.00 bits per heavy atom. The molecular formula is C25H30N4O2. The van der Waals surface area contributed by atoms with Crippen LogP contribution < -0.4 is 10.2 Å². The third kappa shape index (κ3) is 4.59. The van der Waals surface area contributed by atoms with Gasteiger partial charge >= 0.3 is 0 Å². The molecule has 5 rings (SSSR count).